The number of rotatable bonds is 3. The van der Waals surface area contributed by atoms with Crippen molar-refractivity contribution < 1.29 is 9.53 Å². The van der Waals surface area contributed by atoms with Crippen molar-refractivity contribution in [2.75, 3.05) is 19.1 Å². The fourth-order valence-corrected chi connectivity index (χ4v) is 1.60. The third-order valence-electron chi connectivity index (χ3n) is 2.98. The van der Waals surface area contributed by atoms with E-state index in [4.69, 9.17) is 10.5 Å². The highest BCUT2D eigenvalue weighted by atomic mass is 16.5. The molecule has 4 heteroatoms. The Morgan fingerprint density at radius 2 is 1.89 bits per heavy atom. The summed E-state index contributed by atoms with van der Waals surface area (Å²) in [6.07, 6.45) is 0. The molecule has 1 aromatic rings. The Bertz CT molecular complexity index is 424. The van der Waals surface area contributed by atoms with Crippen molar-refractivity contribution in [3.63, 3.8) is 0 Å². The van der Waals surface area contributed by atoms with Gasteiger partial charge >= 0.3 is 0 Å². The van der Waals surface area contributed by atoms with Crippen LogP contribution in [0.1, 0.15) is 20.8 Å². The van der Waals surface area contributed by atoms with Crippen molar-refractivity contribution >= 4 is 11.6 Å². The minimum atomic E-state index is -0.549. The van der Waals surface area contributed by atoms with Crippen molar-refractivity contribution in [3.05, 3.63) is 24.3 Å². The summed E-state index contributed by atoms with van der Waals surface area (Å²) < 4.78 is 5.25. The Hall–Kier alpha value is -1.55. The van der Waals surface area contributed by atoms with Gasteiger partial charge in [-0.1, -0.05) is 32.9 Å². The zero-order valence-electron chi connectivity index (χ0n) is 11.7. The summed E-state index contributed by atoms with van der Waals surface area (Å²) >= 11 is 0. The maximum absolute atomic E-state index is 12.3. The molecule has 1 amide bonds. The lowest BCUT2D eigenvalue weighted by molar-refractivity contribution is -0.121. The van der Waals surface area contributed by atoms with Crippen LogP contribution in [0.5, 0.6) is 5.75 Å². The highest BCUT2D eigenvalue weighted by Gasteiger charge is 2.30. The van der Waals surface area contributed by atoms with Crippen LogP contribution >= 0.6 is 0 Å². The van der Waals surface area contributed by atoms with E-state index in [9.17, 15) is 4.79 Å². The van der Waals surface area contributed by atoms with Crippen LogP contribution in [0.25, 0.3) is 0 Å². The molecule has 0 aliphatic heterocycles. The van der Waals surface area contributed by atoms with Crippen LogP contribution in [0, 0.1) is 5.41 Å². The molecular formula is C14H22N2O2. The van der Waals surface area contributed by atoms with Crippen LogP contribution in [0.15, 0.2) is 24.3 Å². The molecule has 1 atom stereocenters. The fourth-order valence-electron chi connectivity index (χ4n) is 1.60. The van der Waals surface area contributed by atoms with Gasteiger partial charge in [-0.15, -0.1) is 0 Å². The predicted octanol–water partition coefficient (Wildman–Crippen LogP) is 2.03. The molecule has 18 heavy (non-hydrogen) atoms. The van der Waals surface area contributed by atoms with E-state index in [1.165, 1.54) is 0 Å². The molecular weight excluding hydrogens is 228 g/mol. The number of likely N-dealkylation sites (N-methyl/N-ethyl adjacent to an activating group) is 1. The van der Waals surface area contributed by atoms with Crippen molar-refractivity contribution in [1.29, 1.82) is 0 Å². The molecule has 0 bridgehead atoms. The van der Waals surface area contributed by atoms with E-state index >= 15 is 0 Å². The maximum atomic E-state index is 12.3. The minimum Gasteiger partial charge on any atom is -0.495 e. The van der Waals surface area contributed by atoms with Gasteiger partial charge in [0.2, 0.25) is 5.91 Å². The number of carbonyl (C=O) groups is 1. The van der Waals surface area contributed by atoms with E-state index < -0.39 is 6.04 Å². The Balaban J connectivity index is 3.00. The summed E-state index contributed by atoms with van der Waals surface area (Å²) in [6.45, 7) is 5.85. The molecule has 4 nitrogen and oxygen atoms in total. The molecule has 0 aliphatic carbocycles. The van der Waals surface area contributed by atoms with Gasteiger partial charge in [0.1, 0.15) is 5.75 Å². The first-order valence-corrected chi connectivity index (χ1v) is 5.95. The normalized spacial score (nSPS) is 13.0. The number of ether oxygens (including phenoxy) is 1. The molecule has 0 spiro atoms. The van der Waals surface area contributed by atoms with Crippen LogP contribution in [0.3, 0.4) is 0 Å². The predicted molar refractivity (Wildman–Crippen MR) is 73.8 cm³/mol. The highest BCUT2D eigenvalue weighted by Crippen LogP contribution is 2.28. The summed E-state index contributed by atoms with van der Waals surface area (Å²) in [4.78, 5) is 13.9. The number of anilines is 1. The molecule has 0 heterocycles. The van der Waals surface area contributed by atoms with E-state index in [1.807, 2.05) is 45.0 Å². The number of amides is 1. The summed E-state index contributed by atoms with van der Waals surface area (Å²) in [6, 6.07) is 6.84. The standard InChI is InChI=1S/C14H22N2O2/c1-14(2,3)12(15)13(17)16(4)10-8-6-7-9-11(10)18-5/h6-9,12H,15H2,1-5H3/t12-/m1/s1. The molecule has 0 saturated carbocycles. The van der Waals surface area contributed by atoms with Gasteiger partial charge in [-0.25, -0.2) is 0 Å². The average Bonchev–Trinajstić information content (AvgIpc) is 2.34. The molecule has 1 rings (SSSR count). The fraction of sp³-hybridized carbons (Fsp3) is 0.500. The second-order valence-corrected chi connectivity index (χ2v) is 5.41. The van der Waals surface area contributed by atoms with Crippen molar-refractivity contribution in [2.24, 2.45) is 11.1 Å². The molecule has 1 aromatic carbocycles. The quantitative estimate of drug-likeness (QED) is 0.893. The Labute approximate surface area is 109 Å². The molecule has 0 aliphatic rings. The van der Waals surface area contributed by atoms with Crippen molar-refractivity contribution in [2.45, 2.75) is 26.8 Å². The first kappa shape index (κ1) is 14.5. The molecule has 0 unspecified atom stereocenters. The lowest BCUT2D eigenvalue weighted by atomic mass is 9.86. The molecule has 0 radical (unpaired) electrons. The van der Waals surface area contributed by atoms with Crippen molar-refractivity contribution in [3.8, 4) is 5.75 Å². The molecule has 0 saturated heterocycles. The van der Waals surface area contributed by atoms with Crippen LogP contribution in [-0.4, -0.2) is 26.1 Å². The van der Waals surface area contributed by atoms with E-state index in [-0.39, 0.29) is 11.3 Å². The van der Waals surface area contributed by atoms with Crippen molar-refractivity contribution in [1.82, 2.24) is 0 Å². The number of nitrogens with zero attached hydrogens (tertiary/aromatic N) is 1. The number of hydrogen-bond donors (Lipinski definition) is 1. The zero-order valence-corrected chi connectivity index (χ0v) is 11.7. The van der Waals surface area contributed by atoms with E-state index in [0.29, 0.717) is 5.75 Å². The summed E-state index contributed by atoms with van der Waals surface area (Å²) in [7, 11) is 3.30. The molecule has 0 fully saturated rings. The molecule has 0 aromatic heterocycles. The maximum Gasteiger partial charge on any atom is 0.244 e. The Morgan fingerprint density at radius 1 is 1.33 bits per heavy atom. The van der Waals surface area contributed by atoms with Gasteiger partial charge in [0.05, 0.1) is 18.8 Å². The summed E-state index contributed by atoms with van der Waals surface area (Å²) in [5.41, 5.74) is 6.45. The van der Waals surface area contributed by atoms with Gasteiger partial charge < -0.3 is 15.4 Å². The third kappa shape index (κ3) is 3.01. The minimum absolute atomic E-state index is 0.119. The third-order valence-corrected chi connectivity index (χ3v) is 2.98. The summed E-state index contributed by atoms with van der Waals surface area (Å²) in [5, 5.41) is 0. The number of hydrogen-bond acceptors (Lipinski definition) is 3. The highest BCUT2D eigenvalue weighted by molar-refractivity contribution is 5.98. The number of carbonyl (C=O) groups excluding carboxylic acids is 1. The van der Waals surface area contributed by atoms with Crippen LogP contribution < -0.4 is 15.4 Å². The van der Waals surface area contributed by atoms with Gasteiger partial charge in [-0.05, 0) is 17.5 Å². The second kappa shape index (κ2) is 5.40. The average molecular weight is 250 g/mol. The van der Waals surface area contributed by atoms with Crippen LogP contribution in [0.4, 0.5) is 5.69 Å². The molecule has 2 N–H and O–H groups in total. The number of methoxy groups -OCH3 is 1. The van der Waals surface area contributed by atoms with Crippen LogP contribution in [-0.2, 0) is 4.79 Å². The topological polar surface area (TPSA) is 55.6 Å². The second-order valence-electron chi connectivity index (χ2n) is 5.41. The van der Waals surface area contributed by atoms with Gasteiger partial charge in [0.15, 0.2) is 0 Å². The Kier molecular flexibility index (Phi) is 4.35. The smallest absolute Gasteiger partial charge is 0.244 e. The zero-order chi connectivity index (χ0) is 13.9. The van der Waals surface area contributed by atoms with E-state index in [1.54, 1.807) is 19.1 Å². The first-order valence-electron chi connectivity index (χ1n) is 5.95. The lowest BCUT2D eigenvalue weighted by Crippen LogP contribution is -2.49. The number of para-hydroxylation sites is 2. The molecule has 100 valence electrons. The number of nitrogens with two attached hydrogens (primary N) is 1. The largest absolute Gasteiger partial charge is 0.495 e. The number of benzene rings is 1. The van der Waals surface area contributed by atoms with Crippen LogP contribution in [0.2, 0.25) is 0 Å². The van der Waals surface area contributed by atoms with E-state index in [0.717, 1.165) is 5.69 Å². The Morgan fingerprint density at radius 3 is 2.39 bits per heavy atom. The van der Waals surface area contributed by atoms with Gasteiger partial charge in [-0.3, -0.25) is 4.79 Å². The SMILES string of the molecule is COc1ccccc1N(C)C(=O)[C@@H](N)C(C)(C)C. The lowest BCUT2D eigenvalue weighted by Gasteiger charge is -2.30. The summed E-state index contributed by atoms with van der Waals surface area (Å²) in [5.74, 6) is 0.543. The van der Waals surface area contributed by atoms with E-state index in [2.05, 4.69) is 0 Å². The van der Waals surface area contributed by atoms with Gasteiger partial charge in [-0.2, -0.15) is 0 Å². The van der Waals surface area contributed by atoms with Gasteiger partial charge in [0.25, 0.3) is 0 Å². The first-order chi connectivity index (χ1) is 8.29. The monoisotopic (exact) mass is 250 g/mol. The van der Waals surface area contributed by atoms with Gasteiger partial charge in [0, 0.05) is 7.05 Å².